The number of unbranched alkanes of at least 4 members (excludes halogenated alkanes) is 1. The average Bonchev–Trinajstić information content (AvgIpc) is 3.14. The van der Waals surface area contributed by atoms with E-state index in [1.807, 2.05) is 19.9 Å². The molecule has 3 atom stereocenters. The first-order valence-electron chi connectivity index (χ1n) is 9.10. The Kier molecular flexibility index (Phi) is 11.1. The molecule has 1 aliphatic rings. The van der Waals surface area contributed by atoms with Crippen LogP contribution >= 0.6 is 0 Å². The van der Waals surface area contributed by atoms with Gasteiger partial charge in [-0.1, -0.05) is 19.1 Å². The zero-order chi connectivity index (χ0) is 18.2. The molecule has 0 aliphatic heterocycles. The van der Waals surface area contributed by atoms with E-state index < -0.39 is 12.1 Å². The minimum absolute atomic E-state index is 0. The SMILES string of the molecule is CC#CC[C@H](C)[C@H](O)C=C[C@H]1CCc2oc(CCCCC(=O)O)cc21.[KH]. The fraction of sp³-hybridized carbons (Fsp3) is 0.571. The topological polar surface area (TPSA) is 70.7 Å². The molecular weight excluding hydrogens is 355 g/mol. The summed E-state index contributed by atoms with van der Waals surface area (Å²) in [5.74, 6) is 7.54. The molecule has 4 nitrogen and oxygen atoms in total. The van der Waals surface area contributed by atoms with Gasteiger partial charge in [0, 0.05) is 37.2 Å². The second-order valence-electron chi connectivity index (χ2n) is 6.82. The van der Waals surface area contributed by atoms with Crippen LogP contribution in [0.3, 0.4) is 0 Å². The maximum absolute atomic E-state index is 10.5. The van der Waals surface area contributed by atoms with Crippen molar-refractivity contribution in [1.29, 1.82) is 0 Å². The maximum atomic E-state index is 10.5. The standard InChI is InChI=1S/C21H28O4.K.H/c1-3-4-7-15(2)19(22)12-10-16-11-13-20-18(16)14-17(25-20)8-5-6-9-21(23)24;;/h10,12,14-16,19,22H,5-9,11,13H2,1-2H3,(H,23,24);;/t15-,16-,19+;;/m0../s1. The molecule has 0 fully saturated rings. The van der Waals surface area contributed by atoms with Crippen molar-refractivity contribution < 1.29 is 19.4 Å². The van der Waals surface area contributed by atoms with Crippen molar-refractivity contribution in [1.82, 2.24) is 0 Å². The molecule has 0 unspecified atom stereocenters. The van der Waals surface area contributed by atoms with Crippen LogP contribution in [0.1, 0.15) is 69.0 Å². The van der Waals surface area contributed by atoms with Crippen LogP contribution < -0.4 is 0 Å². The van der Waals surface area contributed by atoms with Gasteiger partial charge < -0.3 is 14.6 Å². The van der Waals surface area contributed by atoms with Gasteiger partial charge in [-0.15, -0.1) is 11.8 Å². The molecule has 0 spiro atoms. The van der Waals surface area contributed by atoms with Crippen molar-refractivity contribution in [3.63, 3.8) is 0 Å². The Morgan fingerprint density at radius 1 is 1.46 bits per heavy atom. The third-order valence-electron chi connectivity index (χ3n) is 4.76. The van der Waals surface area contributed by atoms with Crippen LogP contribution in [0, 0.1) is 17.8 Å². The number of aryl methyl sites for hydroxylation is 2. The number of fused-ring (bicyclic) bond motifs is 1. The van der Waals surface area contributed by atoms with E-state index in [1.165, 1.54) is 5.56 Å². The van der Waals surface area contributed by atoms with Crippen LogP contribution in [0.25, 0.3) is 0 Å². The normalized spacial score (nSPS) is 17.9. The predicted molar refractivity (Wildman–Crippen MR) is 104 cm³/mol. The summed E-state index contributed by atoms with van der Waals surface area (Å²) < 4.78 is 5.91. The van der Waals surface area contributed by atoms with Gasteiger partial charge >= 0.3 is 57.4 Å². The Hall–Kier alpha value is -0.354. The zero-order valence-electron chi connectivity index (χ0n) is 15.1. The number of aliphatic hydroxyl groups excluding tert-OH is 1. The number of carboxylic acids is 1. The number of furan rings is 1. The molecule has 0 saturated carbocycles. The second-order valence-corrected chi connectivity index (χ2v) is 6.82. The van der Waals surface area contributed by atoms with Crippen molar-refractivity contribution in [3.05, 3.63) is 35.3 Å². The van der Waals surface area contributed by atoms with Gasteiger partial charge in [-0.3, -0.25) is 4.79 Å². The van der Waals surface area contributed by atoms with E-state index >= 15 is 0 Å². The summed E-state index contributed by atoms with van der Waals surface area (Å²) in [6.45, 7) is 3.82. The van der Waals surface area contributed by atoms with Crippen LogP contribution in [0.4, 0.5) is 0 Å². The Balaban J connectivity index is 0.00000338. The first-order chi connectivity index (χ1) is 12.0. The number of aliphatic carboxylic acids is 1. The van der Waals surface area contributed by atoms with Gasteiger partial charge in [0.1, 0.15) is 11.5 Å². The molecule has 1 heterocycles. The van der Waals surface area contributed by atoms with E-state index in [9.17, 15) is 9.90 Å². The van der Waals surface area contributed by atoms with Gasteiger partial charge in [0.25, 0.3) is 0 Å². The third-order valence-corrected chi connectivity index (χ3v) is 4.76. The predicted octanol–water partition coefficient (Wildman–Crippen LogP) is 3.42. The van der Waals surface area contributed by atoms with Crippen LogP contribution in [-0.4, -0.2) is 73.7 Å². The van der Waals surface area contributed by atoms with Gasteiger partial charge in [-0.2, -0.15) is 0 Å². The van der Waals surface area contributed by atoms with Crippen molar-refractivity contribution in [3.8, 4) is 11.8 Å². The summed E-state index contributed by atoms with van der Waals surface area (Å²) in [5.41, 5.74) is 1.22. The second kappa shape index (κ2) is 12.2. The number of hydrogen-bond donors (Lipinski definition) is 2. The van der Waals surface area contributed by atoms with Crippen LogP contribution in [0.5, 0.6) is 0 Å². The van der Waals surface area contributed by atoms with E-state index in [1.54, 1.807) is 0 Å². The summed E-state index contributed by atoms with van der Waals surface area (Å²) in [6.07, 6.45) is 8.64. The molecular formula is C21H29KO4. The Morgan fingerprint density at radius 2 is 2.23 bits per heavy atom. The quantitative estimate of drug-likeness (QED) is 0.296. The molecule has 1 aromatic heterocycles. The van der Waals surface area contributed by atoms with Crippen LogP contribution in [0.2, 0.25) is 0 Å². The summed E-state index contributed by atoms with van der Waals surface area (Å²) in [7, 11) is 0. The van der Waals surface area contributed by atoms with Crippen molar-refractivity contribution in [2.75, 3.05) is 0 Å². The molecule has 5 heteroatoms. The molecule has 2 N–H and O–H groups in total. The first-order valence-corrected chi connectivity index (χ1v) is 9.10. The Labute approximate surface area is 198 Å². The molecule has 0 radical (unpaired) electrons. The monoisotopic (exact) mass is 384 g/mol. The van der Waals surface area contributed by atoms with Crippen LogP contribution in [-0.2, 0) is 17.6 Å². The number of allylic oxidation sites excluding steroid dienone is 1. The summed E-state index contributed by atoms with van der Waals surface area (Å²) in [6, 6.07) is 2.11. The number of aliphatic hydroxyl groups is 1. The summed E-state index contributed by atoms with van der Waals surface area (Å²) in [4.78, 5) is 10.5. The summed E-state index contributed by atoms with van der Waals surface area (Å²) >= 11 is 0. The first kappa shape index (κ1) is 23.7. The van der Waals surface area contributed by atoms with Crippen molar-refractivity contribution in [2.45, 2.75) is 70.8 Å². The van der Waals surface area contributed by atoms with Crippen molar-refractivity contribution >= 4 is 57.4 Å². The van der Waals surface area contributed by atoms with Gasteiger partial charge in [-0.05, 0) is 38.2 Å². The van der Waals surface area contributed by atoms with Gasteiger partial charge in [0.15, 0.2) is 0 Å². The molecule has 0 saturated heterocycles. The fourth-order valence-electron chi connectivity index (χ4n) is 3.17. The van der Waals surface area contributed by atoms with Crippen LogP contribution in [0.15, 0.2) is 22.6 Å². The van der Waals surface area contributed by atoms with E-state index in [-0.39, 0.29) is 63.7 Å². The molecule has 26 heavy (non-hydrogen) atoms. The van der Waals surface area contributed by atoms with Gasteiger partial charge in [0.2, 0.25) is 0 Å². The van der Waals surface area contributed by atoms with E-state index in [2.05, 4.69) is 24.0 Å². The zero-order valence-corrected chi connectivity index (χ0v) is 15.1. The molecule has 0 bridgehead atoms. The third kappa shape index (κ3) is 7.34. The van der Waals surface area contributed by atoms with Gasteiger partial charge in [-0.25, -0.2) is 0 Å². The van der Waals surface area contributed by atoms with E-state index in [0.29, 0.717) is 18.8 Å². The Bertz CT molecular complexity index is 665. The number of hydrogen-bond acceptors (Lipinski definition) is 3. The number of carboxylic acid groups (broad SMARTS) is 1. The number of carbonyl (C=O) groups is 1. The Morgan fingerprint density at radius 3 is 2.92 bits per heavy atom. The van der Waals surface area contributed by atoms with E-state index in [4.69, 9.17) is 9.52 Å². The molecule has 0 aromatic carbocycles. The molecule has 138 valence electrons. The number of rotatable bonds is 9. The fourth-order valence-corrected chi connectivity index (χ4v) is 3.17. The minimum atomic E-state index is -0.746. The average molecular weight is 385 g/mol. The molecule has 2 rings (SSSR count). The molecule has 1 aliphatic carbocycles. The van der Waals surface area contributed by atoms with E-state index in [0.717, 1.165) is 37.2 Å². The van der Waals surface area contributed by atoms with Gasteiger partial charge in [0.05, 0.1) is 6.10 Å². The molecule has 0 amide bonds. The summed E-state index contributed by atoms with van der Waals surface area (Å²) in [5, 5.41) is 18.9. The molecule has 1 aromatic rings. The van der Waals surface area contributed by atoms with Crippen molar-refractivity contribution in [2.24, 2.45) is 5.92 Å².